The Hall–Kier alpha value is -0.770. The molecule has 0 radical (unpaired) electrons. The van der Waals surface area contributed by atoms with Gasteiger partial charge in [0.05, 0.1) is 0 Å². The van der Waals surface area contributed by atoms with E-state index in [1.54, 1.807) is 0 Å². The van der Waals surface area contributed by atoms with Crippen LogP contribution in [0.2, 0.25) is 0 Å². The summed E-state index contributed by atoms with van der Waals surface area (Å²) in [7, 11) is 0. The second-order valence-corrected chi connectivity index (χ2v) is 6.08. The SMILES string of the molecule is CCNCC[C@H]1CCCN(C(=O)OC(C)(C)C)C1. The maximum Gasteiger partial charge on any atom is 0.410 e. The van der Waals surface area contributed by atoms with E-state index in [-0.39, 0.29) is 6.09 Å². The van der Waals surface area contributed by atoms with Crippen molar-refractivity contribution in [3.8, 4) is 0 Å². The average Bonchev–Trinajstić information content (AvgIpc) is 2.27. The first-order chi connectivity index (χ1) is 8.42. The number of hydrogen-bond acceptors (Lipinski definition) is 3. The number of nitrogens with one attached hydrogen (secondary N) is 1. The minimum Gasteiger partial charge on any atom is -0.444 e. The van der Waals surface area contributed by atoms with Crippen molar-refractivity contribution in [3.63, 3.8) is 0 Å². The largest absolute Gasteiger partial charge is 0.444 e. The van der Waals surface area contributed by atoms with E-state index in [2.05, 4.69) is 12.2 Å². The number of nitrogens with zero attached hydrogens (tertiary/aromatic N) is 1. The fourth-order valence-electron chi connectivity index (χ4n) is 2.28. The number of carbonyl (C=O) groups is 1. The minimum absolute atomic E-state index is 0.157. The molecule has 4 heteroatoms. The van der Waals surface area contributed by atoms with Gasteiger partial charge in [0, 0.05) is 13.1 Å². The number of carbonyl (C=O) groups excluding carboxylic acids is 1. The zero-order valence-corrected chi connectivity index (χ0v) is 12.3. The summed E-state index contributed by atoms with van der Waals surface area (Å²) in [6.45, 7) is 11.6. The fourth-order valence-corrected chi connectivity index (χ4v) is 2.28. The van der Waals surface area contributed by atoms with E-state index < -0.39 is 5.60 Å². The highest BCUT2D eigenvalue weighted by molar-refractivity contribution is 5.68. The second-order valence-electron chi connectivity index (χ2n) is 6.08. The van der Waals surface area contributed by atoms with Crippen LogP contribution in [-0.4, -0.2) is 42.8 Å². The summed E-state index contributed by atoms with van der Waals surface area (Å²) in [6.07, 6.45) is 3.31. The average molecular weight is 256 g/mol. The van der Waals surface area contributed by atoms with Crippen molar-refractivity contribution in [1.82, 2.24) is 10.2 Å². The first-order valence-electron chi connectivity index (χ1n) is 7.11. The zero-order valence-electron chi connectivity index (χ0n) is 12.3. The highest BCUT2D eigenvalue weighted by atomic mass is 16.6. The smallest absolute Gasteiger partial charge is 0.410 e. The van der Waals surface area contributed by atoms with Crippen LogP contribution in [0.3, 0.4) is 0 Å². The van der Waals surface area contributed by atoms with E-state index in [1.165, 1.54) is 6.42 Å². The van der Waals surface area contributed by atoms with Crippen molar-refractivity contribution in [2.24, 2.45) is 5.92 Å². The quantitative estimate of drug-likeness (QED) is 0.786. The van der Waals surface area contributed by atoms with Crippen molar-refractivity contribution >= 4 is 6.09 Å². The lowest BCUT2D eigenvalue weighted by molar-refractivity contribution is 0.0162. The molecule has 1 rings (SSSR count). The number of ether oxygens (including phenoxy) is 1. The van der Waals surface area contributed by atoms with Gasteiger partial charge in [-0.05, 0) is 59.0 Å². The number of amides is 1. The van der Waals surface area contributed by atoms with Gasteiger partial charge in [-0.15, -0.1) is 0 Å². The Morgan fingerprint density at radius 3 is 2.78 bits per heavy atom. The molecular weight excluding hydrogens is 228 g/mol. The molecule has 1 fully saturated rings. The Kier molecular flexibility index (Phi) is 5.93. The Morgan fingerprint density at radius 2 is 2.17 bits per heavy atom. The summed E-state index contributed by atoms with van der Waals surface area (Å²) in [5.41, 5.74) is -0.395. The zero-order chi connectivity index (χ0) is 13.6. The molecule has 0 aromatic heterocycles. The molecular formula is C14H28N2O2. The lowest BCUT2D eigenvalue weighted by Crippen LogP contribution is -2.43. The third kappa shape index (κ3) is 5.71. The molecule has 0 spiro atoms. The Morgan fingerprint density at radius 1 is 1.44 bits per heavy atom. The molecule has 1 aliphatic heterocycles. The van der Waals surface area contributed by atoms with Gasteiger partial charge in [-0.3, -0.25) is 0 Å². The van der Waals surface area contributed by atoms with Crippen LogP contribution in [0.25, 0.3) is 0 Å². The van der Waals surface area contributed by atoms with Crippen LogP contribution in [-0.2, 0) is 4.74 Å². The summed E-state index contributed by atoms with van der Waals surface area (Å²) in [5.74, 6) is 0.616. The molecule has 1 heterocycles. The standard InChI is InChI=1S/C14H28N2O2/c1-5-15-9-8-12-7-6-10-16(11-12)13(17)18-14(2,3)4/h12,15H,5-11H2,1-4H3/t12-/m1/s1. The Labute approximate surface area is 111 Å². The molecule has 4 nitrogen and oxygen atoms in total. The van der Waals surface area contributed by atoms with Crippen LogP contribution < -0.4 is 5.32 Å². The molecule has 0 aromatic rings. The second kappa shape index (κ2) is 6.98. The predicted octanol–water partition coefficient (Wildman–Crippen LogP) is 2.63. The Bertz CT molecular complexity index is 261. The summed E-state index contributed by atoms with van der Waals surface area (Å²) < 4.78 is 5.42. The van der Waals surface area contributed by atoms with Gasteiger partial charge in [-0.25, -0.2) is 4.79 Å². The summed E-state index contributed by atoms with van der Waals surface area (Å²) in [4.78, 5) is 13.8. The lowest BCUT2D eigenvalue weighted by Gasteiger charge is -2.34. The van der Waals surface area contributed by atoms with E-state index >= 15 is 0 Å². The van der Waals surface area contributed by atoms with Gasteiger partial charge in [0.1, 0.15) is 5.60 Å². The monoisotopic (exact) mass is 256 g/mol. The van der Waals surface area contributed by atoms with Crippen LogP contribution in [0.4, 0.5) is 4.79 Å². The molecule has 1 aliphatic rings. The van der Waals surface area contributed by atoms with E-state index in [0.717, 1.165) is 39.0 Å². The van der Waals surface area contributed by atoms with Crippen LogP contribution in [0.15, 0.2) is 0 Å². The van der Waals surface area contributed by atoms with Crippen LogP contribution in [0.5, 0.6) is 0 Å². The van der Waals surface area contributed by atoms with E-state index in [4.69, 9.17) is 4.74 Å². The molecule has 18 heavy (non-hydrogen) atoms. The molecule has 0 saturated carbocycles. The van der Waals surface area contributed by atoms with Crippen molar-refractivity contribution in [2.45, 2.75) is 52.6 Å². The van der Waals surface area contributed by atoms with Crippen molar-refractivity contribution in [3.05, 3.63) is 0 Å². The molecule has 0 aromatic carbocycles. The molecule has 1 N–H and O–H groups in total. The van der Waals surface area contributed by atoms with E-state index in [1.807, 2.05) is 25.7 Å². The predicted molar refractivity (Wildman–Crippen MR) is 73.7 cm³/mol. The van der Waals surface area contributed by atoms with Gasteiger partial charge in [-0.1, -0.05) is 6.92 Å². The van der Waals surface area contributed by atoms with Gasteiger partial charge in [0.2, 0.25) is 0 Å². The van der Waals surface area contributed by atoms with Gasteiger partial charge < -0.3 is 15.0 Å². The van der Waals surface area contributed by atoms with Crippen molar-refractivity contribution in [2.75, 3.05) is 26.2 Å². The molecule has 106 valence electrons. The molecule has 1 amide bonds. The fraction of sp³-hybridized carbons (Fsp3) is 0.929. The maximum absolute atomic E-state index is 12.0. The molecule has 0 aliphatic carbocycles. The van der Waals surface area contributed by atoms with E-state index in [9.17, 15) is 4.79 Å². The summed E-state index contributed by atoms with van der Waals surface area (Å²) in [6, 6.07) is 0. The van der Waals surface area contributed by atoms with Crippen molar-refractivity contribution < 1.29 is 9.53 Å². The highest BCUT2D eigenvalue weighted by Crippen LogP contribution is 2.21. The maximum atomic E-state index is 12.0. The van der Waals surface area contributed by atoms with Crippen molar-refractivity contribution in [1.29, 1.82) is 0 Å². The van der Waals surface area contributed by atoms with Gasteiger partial charge in [-0.2, -0.15) is 0 Å². The third-order valence-corrected chi connectivity index (χ3v) is 3.15. The van der Waals surface area contributed by atoms with Crippen LogP contribution in [0.1, 0.15) is 47.0 Å². The number of likely N-dealkylation sites (tertiary alicyclic amines) is 1. The first kappa shape index (κ1) is 15.3. The number of hydrogen-bond donors (Lipinski definition) is 1. The van der Waals surface area contributed by atoms with Gasteiger partial charge in [0.25, 0.3) is 0 Å². The van der Waals surface area contributed by atoms with E-state index in [0.29, 0.717) is 5.92 Å². The van der Waals surface area contributed by atoms with Crippen LogP contribution >= 0.6 is 0 Å². The van der Waals surface area contributed by atoms with Crippen LogP contribution in [0, 0.1) is 5.92 Å². The molecule has 1 saturated heterocycles. The Balaban J connectivity index is 2.36. The number of rotatable bonds is 4. The summed E-state index contributed by atoms with van der Waals surface area (Å²) in [5, 5.41) is 3.34. The third-order valence-electron chi connectivity index (χ3n) is 3.15. The first-order valence-corrected chi connectivity index (χ1v) is 7.11. The molecule has 0 bridgehead atoms. The minimum atomic E-state index is -0.395. The normalized spacial score (nSPS) is 20.9. The lowest BCUT2D eigenvalue weighted by atomic mass is 9.95. The van der Waals surface area contributed by atoms with Gasteiger partial charge >= 0.3 is 6.09 Å². The molecule has 1 atom stereocenters. The topological polar surface area (TPSA) is 41.6 Å². The highest BCUT2D eigenvalue weighted by Gasteiger charge is 2.27. The number of piperidine rings is 1. The summed E-state index contributed by atoms with van der Waals surface area (Å²) >= 11 is 0. The molecule has 0 unspecified atom stereocenters. The van der Waals surface area contributed by atoms with Gasteiger partial charge in [0.15, 0.2) is 0 Å².